The van der Waals surface area contributed by atoms with E-state index in [4.69, 9.17) is 9.47 Å². The Balaban J connectivity index is 1.91. The number of hydrogen-bond donors (Lipinski definition) is 2. The zero-order chi connectivity index (χ0) is 14.4. The van der Waals surface area contributed by atoms with Crippen LogP contribution in [0, 0.1) is 0 Å². The molecule has 0 spiro atoms. The van der Waals surface area contributed by atoms with Crippen LogP contribution in [-0.2, 0) is 0 Å². The van der Waals surface area contributed by atoms with Crippen LogP contribution >= 0.6 is 11.8 Å². The Morgan fingerprint density at radius 3 is 2.90 bits per heavy atom. The van der Waals surface area contributed by atoms with Gasteiger partial charge in [-0.1, -0.05) is 0 Å². The van der Waals surface area contributed by atoms with Crippen molar-refractivity contribution in [1.82, 2.24) is 5.32 Å². The van der Waals surface area contributed by atoms with Gasteiger partial charge in [-0.3, -0.25) is 0 Å². The fourth-order valence-electron chi connectivity index (χ4n) is 2.40. The normalized spacial score (nSPS) is 19.9. The summed E-state index contributed by atoms with van der Waals surface area (Å²) in [5.41, 5.74) is 0.762. The summed E-state index contributed by atoms with van der Waals surface area (Å²) in [7, 11) is 3.23. The van der Waals surface area contributed by atoms with Gasteiger partial charge in [-0.15, -0.1) is 0 Å². The van der Waals surface area contributed by atoms with Crippen molar-refractivity contribution in [3.05, 3.63) is 23.8 Å². The molecule has 0 aliphatic carbocycles. The van der Waals surface area contributed by atoms with Gasteiger partial charge in [0.2, 0.25) is 0 Å². The van der Waals surface area contributed by atoms with E-state index in [9.17, 15) is 5.11 Å². The number of thioether (sulfide) groups is 1. The first-order chi connectivity index (χ1) is 9.74. The summed E-state index contributed by atoms with van der Waals surface area (Å²) in [6, 6.07) is 5.48. The van der Waals surface area contributed by atoms with Crippen LogP contribution in [-0.4, -0.2) is 43.4 Å². The van der Waals surface area contributed by atoms with E-state index in [1.807, 2.05) is 30.0 Å². The molecular weight excluding hydrogens is 274 g/mol. The predicted molar refractivity (Wildman–Crippen MR) is 82.9 cm³/mol. The Bertz CT molecular complexity index is 422. The van der Waals surface area contributed by atoms with E-state index < -0.39 is 6.10 Å². The smallest absolute Gasteiger partial charge is 0.124 e. The van der Waals surface area contributed by atoms with Crippen molar-refractivity contribution < 1.29 is 14.6 Å². The standard InChI is InChI=1S/C15H23NO3S/c1-18-11-5-6-15(19-2)13(8-11)14(17)10-16-9-12-4-3-7-20-12/h5-6,8,12,14,16-17H,3-4,7,9-10H2,1-2H3. The first kappa shape index (κ1) is 15.5. The molecule has 112 valence electrons. The number of benzene rings is 1. The van der Waals surface area contributed by atoms with Crippen LogP contribution in [0.25, 0.3) is 0 Å². The average molecular weight is 297 g/mol. The van der Waals surface area contributed by atoms with Crippen LogP contribution in [0.15, 0.2) is 18.2 Å². The number of ether oxygens (including phenoxy) is 2. The summed E-state index contributed by atoms with van der Waals surface area (Å²) in [4.78, 5) is 0. The summed E-state index contributed by atoms with van der Waals surface area (Å²) in [6.45, 7) is 1.48. The second kappa shape index (κ2) is 7.76. The minimum Gasteiger partial charge on any atom is -0.497 e. The van der Waals surface area contributed by atoms with Crippen LogP contribution in [0.3, 0.4) is 0 Å². The molecule has 0 radical (unpaired) electrons. The molecule has 1 fully saturated rings. The number of aliphatic hydroxyl groups is 1. The lowest BCUT2D eigenvalue weighted by atomic mass is 10.1. The lowest BCUT2D eigenvalue weighted by molar-refractivity contribution is 0.170. The van der Waals surface area contributed by atoms with E-state index in [1.54, 1.807) is 14.2 Å². The third-order valence-electron chi connectivity index (χ3n) is 3.53. The topological polar surface area (TPSA) is 50.7 Å². The Labute approximate surface area is 124 Å². The van der Waals surface area contributed by atoms with E-state index in [-0.39, 0.29) is 0 Å². The summed E-state index contributed by atoms with van der Waals surface area (Å²) in [5.74, 6) is 2.68. The summed E-state index contributed by atoms with van der Waals surface area (Å²) >= 11 is 2.01. The van der Waals surface area contributed by atoms with Crippen molar-refractivity contribution in [1.29, 1.82) is 0 Å². The van der Waals surface area contributed by atoms with E-state index in [0.717, 1.165) is 17.9 Å². The van der Waals surface area contributed by atoms with Crippen molar-refractivity contribution in [2.24, 2.45) is 0 Å². The third-order valence-corrected chi connectivity index (χ3v) is 4.93. The molecule has 1 saturated heterocycles. The molecule has 2 unspecified atom stereocenters. The molecule has 2 atom stereocenters. The second-order valence-electron chi connectivity index (χ2n) is 4.92. The summed E-state index contributed by atoms with van der Waals surface area (Å²) < 4.78 is 10.5. The highest BCUT2D eigenvalue weighted by molar-refractivity contribution is 8.00. The Hall–Kier alpha value is -0.910. The predicted octanol–water partition coefficient (Wildman–Crippen LogP) is 2.22. The van der Waals surface area contributed by atoms with Crippen molar-refractivity contribution in [3.63, 3.8) is 0 Å². The van der Waals surface area contributed by atoms with Gasteiger partial charge in [0.05, 0.1) is 20.3 Å². The van der Waals surface area contributed by atoms with Gasteiger partial charge in [0.25, 0.3) is 0 Å². The van der Waals surface area contributed by atoms with E-state index in [1.165, 1.54) is 18.6 Å². The number of nitrogens with one attached hydrogen (secondary N) is 1. The number of hydrogen-bond acceptors (Lipinski definition) is 5. The van der Waals surface area contributed by atoms with Gasteiger partial charge in [0, 0.05) is 23.9 Å². The van der Waals surface area contributed by atoms with Crippen LogP contribution < -0.4 is 14.8 Å². The van der Waals surface area contributed by atoms with Crippen molar-refractivity contribution in [3.8, 4) is 11.5 Å². The first-order valence-corrected chi connectivity index (χ1v) is 8.01. The van der Waals surface area contributed by atoms with Gasteiger partial charge < -0.3 is 19.9 Å². The fraction of sp³-hybridized carbons (Fsp3) is 0.600. The molecule has 0 saturated carbocycles. The molecule has 2 N–H and O–H groups in total. The van der Waals surface area contributed by atoms with Gasteiger partial charge in [-0.05, 0) is 36.8 Å². The first-order valence-electron chi connectivity index (χ1n) is 6.97. The highest BCUT2D eigenvalue weighted by Crippen LogP contribution is 2.29. The zero-order valence-electron chi connectivity index (χ0n) is 12.1. The second-order valence-corrected chi connectivity index (χ2v) is 6.33. The van der Waals surface area contributed by atoms with Crippen molar-refractivity contribution in [2.75, 3.05) is 33.1 Å². The van der Waals surface area contributed by atoms with Crippen LogP contribution in [0.2, 0.25) is 0 Å². The molecule has 1 heterocycles. The Kier molecular flexibility index (Phi) is 6.01. The molecule has 1 aliphatic rings. The molecule has 2 rings (SSSR count). The van der Waals surface area contributed by atoms with Crippen molar-refractivity contribution in [2.45, 2.75) is 24.2 Å². The maximum absolute atomic E-state index is 10.3. The SMILES string of the molecule is COc1ccc(OC)c(C(O)CNCC2CCCS2)c1. The Morgan fingerprint density at radius 2 is 2.25 bits per heavy atom. The van der Waals surface area contributed by atoms with E-state index in [2.05, 4.69) is 5.32 Å². The summed E-state index contributed by atoms with van der Waals surface area (Å²) in [5, 5.41) is 14.4. The minimum absolute atomic E-state index is 0.528. The van der Waals surface area contributed by atoms with Gasteiger partial charge in [0.15, 0.2) is 0 Å². The average Bonchev–Trinajstić information content (AvgIpc) is 2.99. The minimum atomic E-state index is -0.591. The number of aliphatic hydroxyl groups excluding tert-OH is 1. The van der Waals surface area contributed by atoms with Gasteiger partial charge in [0.1, 0.15) is 11.5 Å². The van der Waals surface area contributed by atoms with Crippen molar-refractivity contribution >= 4 is 11.8 Å². The van der Waals surface area contributed by atoms with Crippen LogP contribution in [0.4, 0.5) is 0 Å². The van der Waals surface area contributed by atoms with Gasteiger partial charge >= 0.3 is 0 Å². The molecule has 1 aromatic rings. The third kappa shape index (κ3) is 4.04. The molecule has 0 amide bonds. The number of methoxy groups -OCH3 is 2. The largest absolute Gasteiger partial charge is 0.497 e. The maximum atomic E-state index is 10.3. The quantitative estimate of drug-likeness (QED) is 0.808. The van der Waals surface area contributed by atoms with Crippen LogP contribution in [0.5, 0.6) is 11.5 Å². The molecule has 0 aromatic heterocycles. The molecular formula is C15H23NO3S. The van der Waals surface area contributed by atoms with Crippen LogP contribution in [0.1, 0.15) is 24.5 Å². The monoisotopic (exact) mass is 297 g/mol. The Morgan fingerprint density at radius 1 is 1.40 bits per heavy atom. The lowest BCUT2D eigenvalue weighted by Gasteiger charge is -2.17. The van der Waals surface area contributed by atoms with E-state index >= 15 is 0 Å². The molecule has 0 bridgehead atoms. The fourth-order valence-corrected chi connectivity index (χ4v) is 3.63. The highest BCUT2D eigenvalue weighted by atomic mass is 32.2. The van der Waals surface area contributed by atoms with Gasteiger partial charge in [-0.25, -0.2) is 0 Å². The molecule has 1 aliphatic heterocycles. The molecule has 5 heteroatoms. The van der Waals surface area contributed by atoms with E-state index in [0.29, 0.717) is 17.5 Å². The maximum Gasteiger partial charge on any atom is 0.124 e. The lowest BCUT2D eigenvalue weighted by Crippen LogP contribution is -2.28. The van der Waals surface area contributed by atoms with Gasteiger partial charge in [-0.2, -0.15) is 11.8 Å². The zero-order valence-corrected chi connectivity index (χ0v) is 12.9. The summed E-state index contributed by atoms with van der Waals surface area (Å²) in [6.07, 6.45) is 1.99. The number of rotatable bonds is 7. The molecule has 4 nitrogen and oxygen atoms in total. The molecule has 20 heavy (non-hydrogen) atoms. The highest BCUT2D eigenvalue weighted by Gasteiger charge is 2.17. The molecule has 1 aromatic carbocycles.